The van der Waals surface area contributed by atoms with E-state index in [9.17, 15) is 13.6 Å². The predicted molar refractivity (Wildman–Crippen MR) is 96.8 cm³/mol. The zero-order valence-electron chi connectivity index (χ0n) is 14.1. The Labute approximate surface area is 158 Å². The number of ether oxygens (including phenoxy) is 2. The number of amides is 1. The topological polar surface area (TPSA) is 47.6 Å². The number of carbonyl (C=O) groups excluding carboxylic acids is 1. The smallest absolute Gasteiger partial charge is 0.387 e. The van der Waals surface area contributed by atoms with E-state index < -0.39 is 12.2 Å². The molecule has 0 atom stereocenters. The lowest BCUT2D eigenvalue weighted by Gasteiger charge is -2.43. The summed E-state index contributed by atoms with van der Waals surface area (Å²) in [4.78, 5) is 12.7. The van der Waals surface area contributed by atoms with Crippen LogP contribution < -0.4 is 14.8 Å². The summed E-state index contributed by atoms with van der Waals surface area (Å²) in [6.45, 7) is -2.96. The maximum Gasteiger partial charge on any atom is 0.387 e. The maximum absolute atomic E-state index is 12.7. The highest BCUT2D eigenvalue weighted by Crippen LogP contribution is 2.42. The molecule has 1 amide bonds. The molecule has 7 heteroatoms. The molecule has 0 radical (unpaired) electrons. The van der Waals surface area contributed by atoms with Crippen LogP contribution in [-0.4, -0.2) is 19.6 Å². The van der Waals surface area contributed by atoms with Crippen molar-refractivity contribution in [2.24, 2.45) is 0 Å². The first-order valence-electron chi connectivity index (χ1n) is 8.15. The van der Waals surface area contributed by atoms with E-state index in [1.54, 1.807) is 0 Å². The molecule has 3 rings (SSSR count). The van der Waals surface area contributed by atoms with Crippen molar-refractivity contribution in [3.05, 3.63) is 58.1 Å². The minimum absolute atomic E-state index is 0.0862. The molecule has 2 aromatic rings. The third-order valence-corrected chi connectivity index (χ3v) is 5.07. The molecule has 0 spiro atoms. The molecular weight excluding hydrogens is 408 g/mol. The van der Waals surface area contributed by atoms with Gasteiger partial charge in [-0.05, 0) is 55.2 Å². The van der Waals surface area contributed by atoms with E-state index in [4.69, 9.17) is 4.74 Å². The third-order valence-electron chi connectivity index (χ3n) is 4.58. The third kappa shape index (κ3) is 3.82. The summed E-state index contributed by atoms with van der Waals surface area (Å²) in [5.41, 5.74) is 0.951. The fraction of sp³-hybridized carbons (Fsp3) is 0.316. The molecule has 0 bridgehead atoms. The number of alkyl halides is 2. The Hall–Kier alpha value is -2.15. The second kappa shape index (κ2) is 7.61. The molecule has 0 heterocycles. The molecule has 1 N–H and O–H groups in total. The maximum atomic E-state index is 12.7. The summed E-state index contributed by atoms with van der Waals surface area (Å²) in [6.07, 6.45) is 2.72. The number of hydrogen-bond acceptors (Lipinski definition) is 3. The fourth-order valence-electron chi connectivity index (χ4n) is 3.09. The molecule has 1 saturated carbocycles. The molecule has 0 unspecified atom stereocenters. The first kappa shape index (κ1) is 18.6. The van der Waals surface area contributed by atoms with Crippen LogP contribution in [-0.2, 0) is 5.54 Å². The van der Waals surface area contributed by atoms with E-state index in [0.717, 1.165) is 29.3 Å². The lowest BCUT2D eigenvalue weighted by atomic mass is 9.71. The summed E-state index contributed by atoms with van der Waals surface area (Å²) >= 11 is 3.46. The SMILES string of the molecule is COc1cc(C(=O)NC2(c3cccc(Br)c3)CCC2)ccc1OC(F)F. The van der Waals surface area contributed by atoms with Crippen molar-refractivity contribution >= 4 is 21.8 Å². The number of halogens is 3. The molecule has 1 aliphatic rings. The van der Waals surface area contributed by atoms with Gasteiger partial charge in [0.1, 0.15) is 0 Å². The quantitative estimate of drug-likeness (QED) is 0.717. The summed E-state index contributed by atoms with van der Waals surface area (Å²) in [5, 5.41) is 3.10. The van der Waals surface area contributed by atoms with Crippen LogP contribution in [0.3, 0.4) is 0 Å². The Kier molecular flexibility index (Phi) is 5.46. The van der Waals surface area contributed by atoms with Crippen LogP contribution in [0.5, 0.6) is 11.5 Å². The van der Waals surface area contributed by atoms with Gasteiger partial charge in [0.25, 0.3) is 5.91 Å². The highest BCUT2D eigenvalue weighted by molar-refractivity contribution is 9.10. The van der Waals surface area contributed by atoms with Crippen molar-refractivity contribution in [2.75, 3.05) is 7.11 Å². The summed E-state index contributed by atoms with van der Waals surface area (Å²) in [6, 6.07) is 12.0. The molecule has 0 aromatic heterocycles. The number of hydrogen-bond donors (Lipinski definition) is 1. The van der Waals surface area contributed by atoms with Crippen molar-refractivity contribution < 1.29 is 23.0 Å². The Morgan fingerprint density at radius 1 is 1.19 bits per heavy atom. The Morgan fingerprint density at radius 2 is 1.96 bits per heavy atom. The van der Waals surface area contributed by atoms with Crippen LogP contribution in [0, 0.1) is 0 Å². The largest absolute Gasteiger partial charge is 0.493 e. The van der Waals surface area contributed by atoms with Crippen LogP contribution in [0.2, 0.25) is 0 Å². The van der Waals surface area contributed by atoms with Gasteiger partial charge in [-0.25, -0.2) is 0 Å². The molecular formula is C19H18BrF2NO3. The number of benzene rings is 2. The van der Waals surface area contributed by atoms with E-state index >= 15 is 0 Å². The predicted octanol–water partition coefficient (Wildman–Crippen LogP) is 4.87. The van der Waals surface area contributed by atoms with Crippen LogP contribution >= 0.6 is 15.9 Å². The highest BCUT2D eigenvalue weighted by atomic mass is 79.9. The first-order chi connectivity index (χ1) is 12.4. The van der Waals surface area contributed by atoms with Gasteiger partial charge in [-0.2, -0.15) is 8.78 Å². The van der Waals surface area contributed by atoms with Gasteiger partial charge in [0.05, 0.1) is 12.6 Å². The van der Waals surface area contributed by atoms with Gasteiger partial charge >= 0.3 is 6.61 Å². The van der Waals surface area contributed by atoms with Crippen molar-refractivity contribution in [3.8, 4) is 11.5 Å². The molecule has 2 aromatic carbocycles. The van der Waals surface area contributed by atoms with Gasteiger partial charge in [-0.1, -0.05) is 28.1 Å². The van der Waals surface area contributed by atoms with Gasteiger partial charge in [0, 0.05) is 10.0 Å². The average molecular weight is 426 g/mol. The Balaban J connectivity index is 1.83. The highest BCUT2D eigenvalue weighted by Gasteiger charge is 2.40. The molecule has 0 saturated heterocycles. The minimum Gasteiger partial charge on any atom is -0.493 e. The van der Waals surface area contributed by atoms with E-state index in [-0.39, 0.29) is 17.4 Å². The van der Waals surface area contributed by atoms with Gasteiger partial charge in [-0.3, -0.25) is 4.79 Å². The summed E-state index contributed by atoms with van der Waals surface area (Å²) < 4.78 is 35.3. The number of rotatable bonds is 6. The van der Waals surface area contributed by atoms with Gasteiger partial charge in [0.2, 0.25) is 0 Å². The number of nitrogens with one attached hydrogen (secondary N) is 1. The van der Waals surface area contributed by atoms with Crippen LogP contribution in [0.25, 0.3) is 0 Å². The van der Waals surface area contributed by atoms with Crippen molar-refractivity contribution in [1.82, 2.24) is 5.32 Å². The second-order valence-corrected chi connectivity index (χ2v) is 7.06. The molecule has 1 fully saturated rings. The van der Waals surface area contributed by atoms with Crippen molar-refractivity contribution in [1.29, 1.82) is 0 Å². The number of methoxy groups -OCH3 is 1. The van der Waals surface area contributed by atoms with E-state index in [0.29, 0.717) is 5.56 Å². The normalized spacial score (nSPS) is 15.3. The molecule has 4 nitrogen and oxygen atoms in total. The molecule has 26 heavy (non-hydrogen) atoms. The van der Waals surface area contributed by atoms with Gasteiger partial charge in [-0.15, -0.1) is 0 Å². The van der Waals surface area contributed by atoms with Gasteiger partial charge < -0.3 is 14.8 Å². The lowest BCUT2D eigenvalue weighted by Crippen LogP contribution is -2.50. The standard InChI is InChI=1S/C19H18BrF2NO3/c1-25-16-10-12(6-7-15(16)26-18(21)22)17(24)23-19(8-3-9-19)13-4-2-5-14(20)11-13/h2,4-7,10-11,18H,3,8-9H2,1H3,(H,23,24). The van der Waals surface area contributed by atoms with Crippen LogP contribution in [0.4, 0.5) is 8.78 Å². The van der Waals surface area contributed by atoms with Crippen LogP contribution in [0.1, 0.15) is 35.2 Å². The zero-order valence-corrected chi connectivity index (χ0v) is 15.7. The lowest BCUT2D eigenvalue weighted by molar-refractivity contribution is -0.0512. The Bertz CT molecular complexity index is 809. The van der Waals surface area contributed by atoms with Crippen LogP contribution in [0.15, 0.2) is 46.9 Å². The monoisotopic (exact) mass is 425 g/mol. The molecule has 138 valence electrons. The average Bonchev–Trinajstić information content (AvgIpc) is 2.57. The van der Waals surface area contributed by atoms with E-state index in [2.05, 4.69) is 26.0 Å². The second-order valence-electron chi connectivity index (χ2n) is 6.14. The van der Waals surface area contributed by atoms with Crippen molar-refractivity contribution in [2.45, 2.75) is 31.4 Å². The summed E-state index contributed by atoms with van der Waals surface area (Å²) in [7, 11) is 1.34. The number of carbonyl (C=O) groups is 1. The first-order valence-corrected chi connectivity index (χ1v) is 8.94. The van der Waals surface area contributed by atoms with E-state index in [1.165, 1.54) is 25.3 Å². The zero-order chi connectivity index (χ0) is 18.7. The van der Waals surface area contributed by atoms with Gasteiger partial charge in [0.15, 0.2) is 11.5 Å². The molecule has 1 aliphatic carbocycles. The fourth-order valence-corrected chi connectivity index (χ4v) is 3.49. The summed E-state index contributed by atoms with van der Waals surface area (Å²) in [5.74, 6) is -0.306. The van der Waals surface area contributed by atoms with Crippen molar-refractivity contribution in [3.63, 3.8) is 0 Å². The Morgan fingerprint density at radius 3 is 2.54 bits per heavy atom. The minimum atomic E-state index is -2.96. The van der Waals surface area contributed by atoms with E-state index in [1.807, 2.05) is 24.3 Å². The molecule has 0 aliphatic heterocycles.